The maximum absolute atomic E-state index is 14.0. The number of benzene rings is 2. The van der Waals surface area contributed by atoms with Crippen LogP contribution in [0.5, 0.6) is 5.75 Å². The smallest absolute Gasteiger partial charge is 0.238 e. The Labute approximate surface area is 231 Å². The molecular formula is C32H31FN2O5. The van der Waals surface area contributed by atoms with E-state index in [0.717, 1.165) is 11.1 Å². The number of carbonyl (C=O) groups is 2. The van der Waals surface area contributed by atoms with Gasteiger partial charge in [0.1, 0.15) is 0 Å². The monoisotopic (exact) mass is 542 g/mol. The van der Waals surface area contributed by atoms with Gasteiger partial charge in [0.05, 0.1) is 35.9 Å². The number of nitrogens with zero attached hydrogens (tertiary/aromatic N) is 2. The zero-order chi connectivity index (χ0) is 28.4. The number of phenolic OH excluding ortho intramolecular Hbond substituents is 1. The van der Waals surface area contributed by atoms with E-state index in [1.54, 1.807) is 48.7 Å². The Morgan fingerprint density at radius 1 is 1.10 bits per heavy atom. The molecule has 1 aromatic heterocycles. The molecule has 3 N–H and O–H groups in total. The summed E-state index contributed by atoms with van der Waals surface area (Å²) in [5, 5.41) is 31.4. The molecule has 5 rings (SSSR count). The fraction of sp³-hybridized carbons (Fsp3) is 0.281. The number of para-hydroxylation sites is 1. The van der Waals surface area contributed by atoms with Gasteiger partial charge in [-0.25, -0.2) is 4.39 Å². The number of fused-ring (bicyclic) bond motifs is 1. The minimum Gasteiger partial charge on any atom is -0.505 e. The number of aromatic nitrogens is 1. The third kappa shape index (κ3) is 5.20. The number of anilines is 1. The number of rotatable bonds is 8. The van der Waals surface area contributed by atoms with Crippen LogP contribution in [0, 0.1) is 23.6 Å². The second-order valence-electron chi connectivity index (χ2n) is 10.4. The van der Waals surface area contributed by atoms with Gasteiger partial charge in [-0.3, -0.25) is 19.5 Å². The summed E-state index contributed by atoms with van der Waals surface area (Å²) in [5.41, 5.74) is 3.83. The van der Waals surface area contributed by atoms with Crippen LogP contribution in [0.1, 0.15) is 37.4 Å². The van der Waals surface area contributed by atoms with Crippen LogP contribution in [0.25, 0.3) is 11.6 Å². The Bertz CT molecular complexity index is 1470. The lowest BCUT2D eigenvalue weighted by Crippen LogP contribution is -2.38. The highest BCUT2D eigenvalue weighted by Gasteiger charge is 2.54. The highest BCUT2D eigenvalue weighted by molar-refractivity contribution is 6.22. The quantitative estimate of drug-likeness (QED) is 0.280. The topological polar surface area (TPSA) is 111 Å². The van der Waals surface area contributed by atoms with Crippen molar-refractivity contribution in [2.24, 2.45) is 17.8 Å². The van der Waals surface area contributed by atoms with Crippen molar-refractivity contribution in [3.05, 3.63) is 101 Å². The van der Waals surface area contributed by atoms with Gasteiger partial charge in [0, 0.05) is 12.1 Å². The van der Waals surface area contributed by atoms with Gasteiger partial charge in [-0.2, -0.15) is 0 Å². The predicted octanol–water partition coefficient (Wildman–Crippen LogP) is 4.74. The number of imide groups is 1. The fourth-order valence-electron chi connectivity index (χ4n) is 6.04. The molecule has 40 heavy (non-hydrogen) atoms. The molecule has 206 valence electrons. The molecular weight excluding hydrogens is 511 g/mol. The highest BCUT2D eigenvalue weighted by Crippen LogP contribution is 2.47. The van der Waals surface area contributed by atoms with Gasteiger partial charge >= 0.3 is 0 Å². The van der Waals surface area contributed by atoms with Gasteiger partial charge in [0.2, 0.25) is 11.8 Å². The van der Waals surface area contributed by atoms with E-state index in [1.807, 2.05) is 25.1 Å². The molecule has 3 aromatic rings. The zero-order valence-electron chi connectivity index (χ0n) is 22.1. The van der Waals surface area contributed by atoms with Crippen molar-refractivity contribution < 1.29 is 29.3 Å². The molecule has 1 saturated heterocycles. The second-order valence-corrected chi connectivity index (χ2v) is 10.4. The number of allylic oxidation sites excluding steroid dienone is 2. The first-order chi connectivity index (χ1) is 19.3. The van der Waals surface area contributed by atoms with Gasteiger partial charge in [-0.15, -0.1) is 0 Å². The summed E-state index contributed by atoms with van der Waals surface area (Å²) in [6.45, 7) is 1.47. The van der Waals surface area contributed by atoms with Crippen molar-refractivity contribution in [1.82, 2.24) is 4.98 Å². The molecule has 7 nitrogen and oxygen atoms in total. The van der Waals surface area contributed by atoms with Gasteiger partial charge in [0.25, 0.3) is 0 Å². The predicted molar refractivity (Wildman–Crippen MR) is 149 cm³/mol. The Morgan fingerprint density at radius 3 is 2.52 bits per heavy atom. The minimum absolute atomic E-state index is 0.258. The lowest BCUT2D eigenvalue weighted by atomic mass is 9.68. The van der Waals surface area contributed by atoms with Crippen molar-refractivity contribution in [3.8, 4) is 5.75 Å². The fourth-order valence-corrected chi connectivity index (χ4v) is 6.04. The first-order valence-corrected chi connectivity index (χ1v) is 13.3. The van der Waals surface area contributed by atoms with Crippen molar-refractivity contribution in [2.75, 3.05) is 11.5 Å². The summed E-state index contributed by atoms with van der Waals surface area (Å²) < 4.78 is 14.0. The van der Waals surface area contributed by atoms with Crippen molar-refractivity contribution >= 4 is 29.2 Å². The molecule has 1 aliphatic carbocycles. The Balaban J connectivity index is 1.40. The SMILES string of the molecule is CC1=C([C@H](O)CC/C(=C/c2ccc(O)c(F)c2)c2ccccn2)[C@H](CO)[C@@H]2C(=O)N(c3ccccc3)C(=O)[C@@H]2C1. The third-order valence-corrected chi connectivity index (χ3v) is 7.89. The molecule has 4 atom stereocenters. The number of aromatic hydroxyl groups is 1. The molecule has 0 radical (unpaired) electrons. The second kappa shape index (κ2) is 11.5. The summed E-state index contributed by atoms with van der Waals surface area (Å²) in [7, 11) is 0. The van der Waals surface area contributed by atoms with Crippen molar-refractivity contribution in [2.45, 2.75) is 32.3 Å². The van der Waals surface area contributed by atoms with Gasteiger partial charge in [0.15, 0.2) is 11.6 Å². The first-order valence-electron chi connectivity index (χ1n) is 13.3. The number of pyridine rings is 1. The number of hydrogen-bond donors (Lipinski definition) is 3. The molecule has 2 amide bonds. The van der Waals surface area contributed by atoms with Crippen LogP contribution in [0.15, 0.2) is 84.1 Å². The lowest BCUT2D eigenvalue weighted by Gasteiger charge is -2.35. The normalized spacial score (nSPS) is 22.1. The molecule has 0 bridgehead atoms. The van der Waals surface area contributed by atoms with Crippen LogP contribution in [-0.4, -0.2) is 44.8 Å². The molecule has 2 heterocycles. The van der Waals surface area contributed by atoms with E-state index >= 15 is 0 Å². The van der Waals surface area contributed by atoms with E-state index in [4.69, 9.17) is 0 Å². The van der Waals surface area contributed by atoms with E-state index in [9.17, 15) is 29.3 Å². The molecule has 8 heteroatoms. The molecule has 2 aromatic carbocycles. The van der Waals surface area contributed by atoms with Gasteiger partial charge in [-0.05, 0) is 85.4 Å². The van der Waals surface area contributed by atoms with Crippen LogP contribution in [0.4, 0.5) is 10.1 Å². The highest BCUT2D eigenvalue weighted by atomic mass is 19.1. The maximum Gasteiger partial charge on any atom is 0.238 e. The summed E-state index contributed by atoms with van der Waals surface area (Å²) in [6, 6.07) is 18.3. The number of aliphatic hydroxyl groups is 2. The van der Waals surface area contributed by atoms with E-state index in [1.165, 1.54) is 17.0 Å². The number of phenols is 1. The number of halogens is 1. The Morgan fingerprint density at radius 2 is 1.85 bits per heavy atom. The summed E-state index contributed by atoms with van der Waals surface area (Å²) in [5.74, 6) is -3.85. The van der Waals surface area contributed by atoms with Gasteiger partial charge in [-0.1, -0.05) is 35.9 Å². The Hall–Kier alpha value is -4.14. The summed E-state index contributed by atoms with van der Waals surface area (Å²) >= 11 is 0. The van der Waals surface area contributed by atoms with E-state index < -0.39 is 35.4 Å². The Kier molecular flexibility index (Phi) is 7.91. The van der Waals surface area contributed by atoms with Crippen LogP contribution < -0.4 is 4.90 Å². The third-order valence-electron chi connectivity index (χ3n) is 7.89. The van der Waals surface area contributed by atoms with Crippen LogP contribution in [0.2, 0.25) is 0 Å². The molecule has 1 aliphatic heterocycles. The number of amides is 2. The maximum atomic E-state index is 14.0. The molecule has 0 unspecified atom stereocenters. The van der Waals surface area contributed by atoms with Crippen molar-refractivity contribution in [1.29, 1.82) is 0 Å². The minimum atomic E-state index is -0.976. The first kappa shape index (κ1) is 27.4. The average molecular weight is 543 g/mol. The number of aliphatic hydroxyl groups excluding tert-OH is 2. The van der Waals surface area contributed by atoms with Crippen LogP contribution >= 0.6 is 0 Å². The van der Waals surface area contributed by atoms with Gasteiger partial charge < -0.3 is 15.3 Å². The molecule has 0 saturated carbocycles. The molecule has 1 fully saturated rings. The summed E-state index contributed by atoms with van der Waals surface area (Å²) in [4.78, 5) is 32.5. The van der Waals surface area contributed by atoms with E-state index in [2.05, 4.69) is 4.98 Å². The van der Waals surface area contributed by atoms with E-state index in [-0.39, 0.29) is 24.8 Å². The standard InChI is InChI=1S/C32H31FN2O5/c1-19-15-23-30(32(40)35(31(23)39)22-7-3-2-4-8-22)24(18-36)29(19)28(38)13-11-21(26-9-5-6-14-34-26)16-20-10-12-27(37)25(33)17-20/h2-10,12,14,16-17,23-24,28,30,36-38H,11,13,15,18H2,1H3/b21-16-/t23-,24+,28-,30-/m1/s1. The average Bonchev–Trinajstić information content (AvgIpc) is 3.21. The lowest BCUT2D eigenvalue weighted by molar-refractivity contribution is -0.123. The summed E-state index contributed by atoms with van der Waals surface area (Å²) in [6.07, 6.45) is 3.39. The zero-order valence-corrected chi connectivity index (χ0v) is 22.1. The molecule has 0 spiro atoms. The van der Waals surface area contributed by atoms with Crippen LogP contribution in [-0.2, 0) is 9.59 Å². The molecule has 2 aliphatic rings. The van der Waals surface area contributed by atoms with Crippen molar-refractivity contribution in [3.63, 3.8) is 0 Å². The largest absolute Gasteiger partial charge is 0.505 e. The number of hydrogen-bond acceptors (Lipinski definition) is 6. The van der Waals surface area contributed by atoms with Crippen LogP contribution in [0.3, 0.4) is 0 Å². The van der Waals surface area contributed by atoms with E-state index in [0.29, 0.717) is 35.4 Å². The number of carbonyl (C=O) groups excluding carboxylic acids is 2.